The number of hydrogen-bond acceptors (Lipinski definition) is 2. The molecule has 0 aliphatic carbocycles. The standard InChI is InChI=1S/C18H15F3N2/c1-10-17-13-4-2-3-5-15(13)23-16-8-11(18(19,20)21)6-7-12(16)14(17)9-22-10/h2-8,10,22-23H,9H2,1H3. The first-order valence-electron chi connectivity index (χ1n) is 7.49. The molecule has 1 atom stereocenters. The second-order valence-electron chi connectivity index (χ2n) is 5.92. The summed E-state index contributed by atoms with van der Waals surface area (Å²) in [5.41, 5.74) is 4.82. The number of rotatable bonds is 0. The highest BCUT2D eigenvalue weighted by atomic mass is 19.4. The Kier molecular flexibility index (Phi) is 3.03. The third-order valence-corrected chi connectivity index (χ3v) is 4.50. The minimum Gasteiger partial charge on any atom is -0.355 e. The summed E-state index contributed by atoms with van der Waals surface area (Å²) in [6.07, 6.45) is -4.35. The molecule has 2 heterocycles. The van der Waals surface area contributed by atoms with E-state index in [-0.39, 0.29) is 6.04 Å². The van der Waals surface area contributed by atoms with Gasteiger partial charge in [0.1, 0.15) is 0 Å². The van der Waals surface area contributed by atoms with Crippen LogP contribution in [0.15, 0.2) is 42.5 Å². The van der Waals surface area contributed by atoms with E-state index in [1.54, 1.807) is 6.07 Å². The summed E-state index contributed by atoms with van der Waals surface area (Å²) in [6, 6.07) is 11.9. The molecule has 1 unspecified atom stereocenters. The molecule has 0 saturated carbocycles. The van der Waals surface area contributed by atoms with Gasteiger partial charge in [-0.1, -0.05) is 24.3 Å². The molecule has 0 bridgehead atoms. The van der Waals surface area contributed by atoms with Gasteiger partial charge in [0.25, 0.3) is 0 Å². The average Bonchev–Trinajstić information content (AvgIpc) is 2.82. The van der Waals surface area contributed by atoms with E-state index in [1.807, 2.05) is 24.3 Å². The van der Waals surface area contributed by atoms with E-state index >= 15 is 0 Å². The van der Waals surface area contributed by atoms with Gasteiger partial charge in [-0.15, -0.1) is 0 Å². The number of para-hydroxylation sites is 1. The Labute approximate surface area is 132 Å². The zero-order valence-corrected chi connectivity index (χ0v) is 12.5. The van der Waals surface area contributed by atoms with Gasteiger partial charge in [0.15, 0.2) is 0 Å². The molecule has 2 aliphatic rings. The maximum atomic E-state index is 13.0. The van der Waals surface area contributed by atoms with E-state index in [1.165, 1.54) is 6.07 Å². The van der Waals surface area contributed by atoms with Crippen LogP contribution in [0.2, 0.25) is 0 Å². The van der Waals surface area contributed by atoms with Crippen molar-refractivity contribution in [3.63, 3.8) is 0 Å². The van der Waals surface area contributed by atoms with Crippen molar-refractivity contribution in [1.29, 1.82) is 0 Å². The minimum absolute atomic E-state index is 0.168. The van der Waals surface area contributed by atoms with E-state index in [9.17, 15) is 13.2 Å². The van der Waals surface area contributed by atoms with Crippen LogP contribution in [0.1, 0.15) is 23.6 Å². The summed E-state index contributed by atoms with van der Waals surface area (Å²) in [6.45, 7) is 2.74. The molecule has 0 amide bonds. The Morgan fingerprint density at radius 3 is 2.57 bits per heavy atom. The quantitative estimate of drug-likeness (QED) is 0.738. The first kappa shape index (κ1) is 14.3. The lowest BCUT2D eigenvalue weighted by atomic mass is 9.93. The van der Waals surface area contributed by atoms with Crippen molar-refractivity contribution in [2.75, 3.05) is 11.9 Å². The van der Waals surface area contributed by atoms with Gasteiger partial charge in [-0.25, -0.2) is 0 Å². The molecule has 23 heavy (non-hydrogen) atoms. The topological polar surface area (TPSA) is 24.1 Å². The molecular weight excluding hydrogens is 301 g/mol. The molecule has 2 nitrogen and oxygen atoms in total. The second kappa shape index (κ2) is 4.86. The summed E-state index contributed by atoms with van der Waals surface area (Å²) in [7, 11) is 0. The molecule has 2 N–H and O–H groups in total. The molecule has 4 rings (SSSR count). The molecule has 0 aromatic heterocycles. The van der Waals surface area contributed by atoms with Gasteiger partial charge in [0, 0.05) is 35.1 Å². The lowest BCUT2D eigenvalue weighted by Crippen LogP contribution is -2.21. The Balaban J connectivity index is 1.97. The number of hydrogen-bond donors (Lipinski definition) is 2. The maximum absolute atomic E-state index is 13.0. The monoisotopic (exact) mass is 316 g/mol. The number of fused-ring (bicyclic) bond motifs is 4. The van der Waals surface area contributed by atoms with Crippen molar-refractivity contribution in [1.82, 2.24) is 5.32 Å². The fourth-order valence-corrected chi connectivity index (χ4v) is 3.41. The zero-order valence-electron chi connectivity index (χ0n) is 12.5. The Bertz CT molecular complexity index is 821. The van der Waals surface area contributed by atoms with Crippen LogP contribution in [0.25, 0.3) is 11.1 Å². The predicted octanol–water partition coefficient (Wildman–Crippen LogP) is 4.66. The van der Waals surface area contributed by atoms with Crippen molar-refractivity contribution in [2.24, 2.45) is 0 Å². The Hall–Kier alpha value is -2.27. The molecule has 0 saturated heterocycles. The molecule has 5 heteroatoms. The number of alkyl halides is 3. The molecule has 118 valence electrons. The maximum Gasteiger partial charge on any atom is 0.416 e. The van der Waals surface area contributed by atoms with Gasteiger partial charge in [0.2, 0.25) is 0 Å². The predicted molar refractivity (Wildman–Crippen MR) is 85.4 cm³/mol. The highest BCUT2D eigenvalue weighted by molar-refractivity contribution is 6.04. The largest absolute Gasteiger partial charge is 0.416 e. The lowest BCUT2D eigenvalue weighted by Gasteiger charge is -2.16. The van der Waals surface area contributed by atoms with Crippen LogP contribution in [0.3, 0.4) is 0 Å². The van der Waals surface area contributed by atoms with E-state index < -0.39 is 11.7 Å². The van der Waals surface area contributed by atoms with Crippen LogP contribution < -0.4 is 10.6 Å². The van der Waals surface area contributed by atoms with Gasteiger partial charge < -0.3 is 10.6 Å². The first-order valence-corrected chi connectivity index (χ1v) is 7.49. The average molecular weight is 316 g/mol. The summed E-state index contributed by atoms with van der Waals surface area (Å²) >= 11 is 0. The van der Waals surface area contributed by atoms with Crippen molar-refractivity contribution < 1.29 is 13.2 Å². The van der Waals surface area contributed by atoms with Crippen molar-refractivity contribution >= 4 is 22.5 Å². The van der Waals surface area contributed by atoms with Gasteiger partial charge in [-0.3, -0.25) is 0 Å². The summed E-state index contributed by atoms with van der Waals surface area (Å²) in [5.74, 6) is 0. The van der Waals surface area contributed by atoms with Crippen LogP contribution >= 0.6 is 0 Å². The number of nitrogens with one attached hydrogen (secondary N) is 2. The SMILES string of the molecule is CC1NCC2=C1c1ccccc1Nc1cc(C(F)(F)F)ccc12. The van der Waals surface area contributed by atoms with E-state index in [4.69, 9.17) is 0 Å². The molecule has 2 aliphatic heterocycles. The summed E-state index contributed by atoms with van der Waals surface area (Å²) in [4.78, 5) is 0. The molecular formula is C18H15F3N2. The molecule has 0 radical (unpaired) electrons. The number of anilines is 2. The highest BCUT2D eigenvalue weighted by Gasteiger charge is 2.33. The van der Waals surface area contributed by atoms with Crippen LogP contribution in [0.5, 0.6) is 0 Å². The summed E-state index contributed by atoms with van der Waals surface area (Å²) in [5, 5.41) is 6.59. The van der Waals surface area contributed by atoms with Gasteiger partial charge in [-0.05, 0) is 36.3 Å². The van der Waals surface area contributed by atoms with E-state index in [0.717, 1.165) is 34.0 Å². The van der Waals surface area contributed by atoms with Crippen molar-refractivity contribution in [2.45, 2.75) is 19.1 Å². The van der Waals surface area contributed by atoms with Gasteiger partial charge >= 0.3 is 6.18 Å². The molecule has 0 spiro atoms. The lowest BCUT2D eigenvalue weighted by molar-refractivity contribution is -0.137. The third kappa shape index (κ3) is 2.23. The third-order valence-electron chi connectivity index (χ3n) is 4.50. The van der Waals surface area contributed by atoms with Crippen LogP contribution in [-0.2, 0) is 6.18 Å². The molecule has 2 aromatic carbocycles. The van der Waals surface area contributed by atoms with Crippen molar-refractivity contribution in [3.05, 3.63) is 59.2 Å². The van der Waals surface area contributed by atoms with Gasteiger partial charge in [-0.2, -0.15) is 13.2 Å². The number of benzene rings is 2. The summed E-state index contributed by atoms with van der Waals surface area (Å²) < 4.78 is 39.1. The van der Waals surface area contributed by atoms with Crippen LogP contribution in [-0.4, -0.2) is 12.6 Å². The fourth-order valence-electron chi connectivity index (χ4n) is 3.41. The minimum atomic E-state index is -4.35. The second-order valence-corrected chi connectivity index (χ2v) is 5.92. The van der Waals surface area contributed by atoms with E-state index in [0.29, 0.717) is 12.2 Å². The Morgan fingerprint density at radius 1 is 1.00 bits per heavy atom. The van der Waals surface area contributed by atoms with E-state index in [2.05, 4.69) is 17.6 Å². The molecule has 2 aromatic rings. The first-order chi connectivity index (χ1) is 10.9. The number of halogens is 3. The van der Waals surface area contributed by atoms with Crippen LogP contribution in [0, 0.1) is 0 Å². The van der Waals surface area contributed by atoms with Crippen LogP contribution in [0.4, 0.5) is 24.5 Å². The van der Waals surface area contributed by atoms with Crippen molar-refractivity contribution in [3.8, 4) is 0 Å². The molecule has 0 fully saturated rings. The zero-order chi connectivity index (χ0) is 16.2. The Morgan fingerprint density at radius 2 is 1.78 bits per heavy atom. The van der Waals surface area contributed by atoms with Gasteiger partial charge in [0.05, 0.1) is 5.56 Å². The smallest absolute Gasteiger partial charge is 0.355 e. The highest BCUT2D eigenvalue weighted by Crippen LogP contribution is 2.44. The fraction of sp³-hybridized carbons (Fsp3) is 0.222. The normalized spacial score (nSPS) is 19.6.